The highest BCUT2D eigenvalue weighted by atomic mass is 16.5. The Labute approximate surface area is 202 Å². The summed E-state index contributed by atoms with van der Waals surface area (Å²) in [7, 11) is 5.40. The Morgan fingerprint density at radius 1 is 1.11 bits per heavy atom. The number of benzene rings is 2. The number of imidazole rings is 1. The highest BCUT2D eigenvalue weighted by molar-refractivity contribution is 6.22. The van der Waals surface area contributed by atoms with Crippen molar-refractivity contribution in [3.63, 3.8) is 0 Å². The average Bonchev–Trinajstić information content (AvgIpc) is 3.45. The van der Waals surface area contributed by atoms with E-state index in [-0.39, 0.29) is 5.88 Å². The van der Waals surface area contributed by atoms with Gasteiger partial charge in [0.25, 0.3) is 0 Å². The largest absolute Gasteiger partial charge is 0.494 e. The zero-order valence-corrected chi connectivity index (χ0v) is 19.7. The van der Waals surface area contributed by atoms with Crippen molar-refractivity contribution in [1.29, 1.82) is 0 Å². The number of aromatic hydroxyl groups is 1. The van der Waals surface area contributed by atoms with E-state index in [1.807, 2.05) is 67.3 Å². The number of hydrogen-bond donors (Lipinski definition) is 2. The van der Waals surface area contributed by atoms with Gasteiger partial charge in [0.1, 0.15) is 5.65 Å². The first-order valence-corrected chi connectivity index (χ1v) is 11.1. The van der Waals surface area contributed by atoms with Gasteiger partial charge in [-0.2, -0.15) is 0 Å². The molecule has 0 unspecified atom stereocenters. The third-order valence-electron chi connectivity index (χ3n) is 5.77. The van der Waals surface area contributed by atoms with Crippen molar-refractivity contribution in [1.82, 2.24) is 19.3 Å². The number of methoxy groups -OCH3 is 1. The average molecular weight is 468 g/mol. The van der Waals surface area contributed by atoms with Crippen molar-refractivity contribution >= 4 is 33.9 Å². The monoisotopic (exact) mass is 467 g/mol. The van der Waals surface area contributed by atoms with Crippen LogP contribution in [0.25, 0.3) is 16.6 Å². The van der Waals surface area contributed by atoms with E-state index in [9.17, 15) is 9.90 Å². The molecule has 8 nitrogen and oxygen atoms in total. The Morgan fingerprint density at radius 2 is 1.89 bits per heavy atom. The molecule has 3 heterocycles. The second-order valence-electron chi connectivity index (χ2n) is 8.58. The van der Waals surface area contributed by atoms with Crippen LogP contribution in [0, 0.1) is 0 Å². The van der Waals surface area contributed by atoms with Crippen molar-refractivity contribution in [3.05, 3.63) is 95.4 Å². The standard InChI is InChI=1S/C27H25N5O3/c1-31(2)15-17-4-8-20(9-5-17)29-25(19-7-11-23-28-12-13-32(23)16-19)24-21-10-6-18(27(34)35-3)14-22(21)30-26(24)33/h4-14,16,30,33H,15H2,1-3H3. The lowest BCUT2D eigenvalue weighted by atomic mass is 10.0. The van der Waals surface area contributed by atoms with Crippen LogP contribution >= 0.6 is 0 Å². The quantitative estimate of drug-likeness (QED) is 0.282. The van der Waals surface area contributed by atoms with Crippen LogP contribution in [0.5, 0.6) is 5.88 Å². The normalized spacial score (nSPS) is 12.1. The van der Waals surface area contributed by atoms with Crippen LogP contribution in [-0.4, -0.2) is 57.3 Å². The summed E-state index contributed by atoms with van der Waals surface area (Å²) in [6, 6.07) is 17.0. The molecule has 5 rings (SSSR count). The zero-order valence-electron chi connectivity index (χ0n) is 19.7. The van der Waals surface area contributed by atoms with Gasteiger partial charge in [-0.25, -0.2) is 14.8 Å². The van der Waals surface area contributed by atoms with Gasteiger partial charge in [0.05, 0.1) is 29.6 Å². The lowest BCUT2D eigenvalue weighted by Crippen LogP contribution is -2.10. The lowest BCUT2D eigenvalue weighted by molar-refractivity contribution is 0.0601. The number of H-pyrrole nitrogens is 1. The molecule has 0 aliphatic carbocycles. The van der Waals surface area contributed by atoms with Crippen molar-refractivity contribution < 1.29 is 14.6 Å². The van der Waals surface area contributed by atoms with E-state index in [4.69, 9.17) is 9.73 Å². The smallest absolute Gasteiger partial charge is 0.337 e. The molecule has 8 heteroatoms. The van der Waals surface area contributed by atoms with E-state index in [0.29, 0.717) is 22.4 Å². The van der Waals surface area contributed by atoms with Crippen LogP contribution in [0.2, 0.25) is 0 Å². The Kier molecular flexibility index (Phi) is 5.80. The maximum atomic E-state index is 12.0. The number of fused-ring (bicyclic) bond motifs is 2. The third kappa shape index (κ3) is 4.39. The molecular weight excluding hydrogens is 442 g/mol. The summed E-state index contributed by atoms with van der Waals surface area (Å²) in [6.45, 7) is 0.833. The summed E-state index contributed by atoms with van der Waals surface area (Å²) in [4.78, 5) is 26.4. The van der Waals surface area contributed by atoms with Gasteiger partial charge in [-0.3, -0.25) is 0 Å². The topological polar surface area (TPSA) is 95.2 Å². The van der Waals surface area contributed by atoms with E-state index in [1.165, 1.54) is 12.7 Å². The number of hydrogen-bond acceptors (Lipinski definition) is 6. The number of rotatable bonds is 6. The van der Waals surface area contributed by atoms with Crippen molar-refractivity contribution in [2.24, 2.45) is 4.99 Å². The van der Waals surface area contributed by atoms with Crippen LogP contribution in [-0.2, 0) is 11.3 Å². The first-order chi connectivity index (χ1) is 16.9. The van der Waals surface area contributed by atoms with Crippen LogP contribution in [0.15, 0.2) is 78.2 Å². The fraction of sp³-hybridized carbons (Fsp3) is 0.148. The van der Waals surface area contributed by atoms with E-state index >= 15 is 0 Å². The number of nitrogens with zero attached hydrogens (tertiary/aromatic N) is 4. The van der Waals surface area contributed by atoms with Gasteiger partial charge in [-0.05, 0) is 56.1 Å². The van der Waals surface area contributed by atoms with E-state index in [0.717, 1.165) is 28.8 Å². The molecule has 0 saturated heterocycles. The molecule has 2 aromatic carbocycles. The van der Waals surface area contributed by atoms with E-state index in [2.05, 4.69) is 14.9 Å². The number of esters is 1. The number of pyridine rings is 1. The van der Waals surface area contributed by atoms with Crippen molar-refractivity contribution in [3.8, 4) is 5.88 Å². The van der Waals surface area contributed by atoms with Crippen molar-refractivity contribution in [2.75, 3.05) is 21.2 Å². The zero-order chi connectivity index (χ0) is 24.5. The molecular formula is C27H25N5O3. The molecule has 35 heavy (non-hydrogen) atoms. The molecule has 0 aliphatic heterocycles. The van der Waals surface area contributed by atoms with Crippen LogP contribution in [0.4, 0.5) is 5.69 Å². The first-order valence-electron chi connectivity index (χ1n) is 11.1. The van der Waals surface area contributed by atoms with Gasteiger partial charge >= 0.3 is 5.97 Å². The van der Waals surface area contributed by atoms with E-state index < -0.39 is 5.97 Å². The number of carbonyl (C=O) groups excluding carboxylic acids is 1. The number of aliphatic imine (C=N–C) groups is 1. The molecule has 0 amide bonds. The van der Waals surface area contributed by atoms with Gasteiger partial charge in [0.15, 0.2) is 5.88 Å². The number of carbonyl (C=O) groups is 1. The summed E-state index contributed by atoms with van der Waals surface area (Å²) in [5.74, 6) is -0.476. The summed E-state index contributed by atoms with van der Waals surface area (Å²) < 4.78 is 6.74. The molecule has 176 valence electrons. The number of aromatic amines is 1. The molecule has 3 aromatic heterocycles. The van der Waals surface area contributed by atoms with Gasteiger partial charge < -0.3 is 24.1 Å². The number of ether oxygens (including phenoxy) is 1. The molecule has 0 atom stereocenters. The van der Waals surface area contributed by atoms with Gasteiger partial charge in [-0.15, -0.1) is 0 Å². The number of nitrogens with one attached hydrogen (secondary N) is 1. The molecule has 0 saturated carbocycles. The van der Waals surface area contributed by atoms with Crippen LogP contribution in [0.1, 0.15) is 27.0 Å². The molecule has 0 bridgehead atoms. The SMILES string of the molecule is COC(=O)c1ccc2c(C(=Nc3ccc(CN(C)C)cc3)c3ccc4nccn4c3)c(O)[nH]c2c1. The maximum absolute atomic E-state index is 12.0. The van der Waals surface area contributed by atoms with Crippen molar-refractivity contribution in [2.45, 2.75) is 6.54 Å². The Balaban J connectivity index is 1.68. The minimum atomic E-state index is -0.445. The maximum Gasteiger partial charge on any atom is 0.337 e. The predicted molar refractivity (Wildman–Crippen MR) is 136 cm³/mol. The third-order valence-corrected chi connectivity index (χ3v) is 5.77. The molecule has 0 spiro atoms. The van der Waals surface area contributed by atoms with E-state index in [1.54, 1.807) is 24.4 Å². The fourth-order valence-corrected chi connectivity index (χ4v) is 4.16. The minimum Gasteiger partial charge on any atom is -0.494 e. The molecule has 5 aromatic rings. The highest BCUT2D eigenvalue weighted by Gasteiger charge is 2.20. The van der Waals surface area contributed by atoms with Gasteiger partial charge in [0, 0.05) is 41.6 Å². The number of aromatic nitrogens is 3. The fourth-order valence-electron chi connectivity index (χ4n) is 4.16. The Morgan fingerprint density at radius 3 is 2.63 bits per heavy atom. The summed E-state index contributed by atoms with van der Waals surface area (Å²) in [5.41, 5.74) is 5.70. The second-order valence-corrected chi connectivity index (χ2v) is 8.58. The molecule has 0 radical (unpaired) electrons. The Hall–Kier alpha value is -4.43. The first kappa shape index (κ1) is 22.4. The minimum absolute atomic E-state index is 0.0317. The van der Waals surface area contributed by atoms with Gasteiger partial charge in [0.2, 0.25) is 0 Å². The molecule has 0 fully saturated rings. The molecule has 2 N–H and O–H groups in total. The molecule has 0 aliphatic rings. The Bertz CT molecular complexity index is 1560. The second kappa shape index (κ2) is 9.08. The summed E-state index contributed by atoms with van der Waals surface area (Å²) >= 11 is 0. The lowest BCUT2D eigenvalue weighted by Gasteiger charge is -2.11. The summed E-state index contributed by atoms with van der Waals surface area (Å²) in [6.07, 6.45) is 5.53. The predicted octanol–water partition coefficient (Wildman–Crippen LogP) is 4.54. The van der Waals surface area contributed by atoms with Crippen LogP contribution < -0.4 is 0 Å². The van der Waals surface area contributed by atoms with Gasteiger partial charge in [-0.1, -0.05) is 18.2 Å². The summed E-state index contributed by atoms with van der Waals surface area (Å²) in [5, 5.41) is 11.7. The van der Waals surface area contributed by atoms with Crippen LogP contribution in [0.3, 0.4) is 0 Å². The highest BCUT2D eigenvalue weighted by Crippen LogP contribution is 2.32.